The molecule has 0 unspecified atom stereocenters. The van der Waals surface area contributed by atoms with Crippen LogP contribution in [0.25, 0.3) is 0 Å². The normalized spacial score (nSPS) is 16.7. The number of carbonyl (C=O) groups excluding carboxylic acids is 2. The molecule has 0 radical (unpaired) electrons. The zero-order chi connectivity index (χ0) is 25.7. The summed E-state index contributed by atoms with van der Waals surface area (Å²) in [6, 6.07) is 17.5. The summed E-state index contributed by atoms with van der Waals surface area (Å²) in [6.45, 7) is 7.58. The zero-order valence-electron chi connectivity index (χ0n) is 21.4. The second-order valence-corrected chi connectivity index (χ2v) is 9.84. The van der Waals surface area contributed by atoms with Gasteiger partial charge in [0.2, 0.25) is 11.8 Å². The van der Waals surface area contributed by atoms with Gasteiger partial charge < -0.3 is 20.8 Å². The molecule has 0 saturated heterocycles. The maximum absolute atomic E-state index is 13.6. The first-order chi connectivity index (χ1) is 16.7. The Morgan fingerprint density at radius 1 is 0.714 bits per heavy atom. The van der Waals surface area contributed by atoms with Crippen molar-refractivity contribution < 1.29 is 19.8 Å². The summed E-state index contributed by atoms with van der Waals surface area (Å²) in [5.74, 6) is -0.764. The van der Waals surface area contributed by atoms with E-state index in [0.717, 1.165) is 11.1 Å². The Morgan fingerprint density at radius 3 is 1.29 bits per heavy atom. The molecule has 2 aromatic carbocycles. The van der Waals surface area contributed by atoms with Crippen LogP contribution in [0, 0.1) is 5.41 Å². The summed E-state index contributed by atoms with van der Waals surface area (Å²) in [6.07, 6.45) is 2.69. The number of amides is 2. The molecule has 190 valence electrons. The van der Waals surface area contributed by atoms with Gasteiger partial charge in [0.15, 0.2) is 0 Å². The second-order valence-electron chi connectivity index (χ2n) is 9.84. The molecule has 0 aliphatic heterocycles. The first-order valence-corrected chi connectivity index (χ1v) is 12.9. The Bertz CT molecular complexity index is 903. The van der Waals surface area contributed by atoms with Gasteiger partial charge in [-0.1, -0.05) is 88.4 Å². The average Bonchev–Trinajstić information content (AvgIpc) is 3.72. The monoisotopic (exact) mass is 480 g/mol. The van der Waals surface area contributed by atoms with Gasteiger partial charge in [0.25, 0.3) is 0 Å². The minimum Gasteiger partial charge on any atom is -0.387 e. The van der Waals surface area contributed by atoms with Crippen LogP contribution in [-0.2, 0) is 9.59 Å². The van der Waals surface area contributed by atoms with Crippen molar-refractivity contribution in [3.05, 3.63) is 71.8 Å². The molecular formula is C29H40N2O4. The van der Waals surface area contributed by atoms with Crippen molar-refractivity contribution in [2.24, 2.45) is 5.41 Å². The third kappa shape index (κ3) is 5.44. The van der Waals surface area contributed by atoms with Crippen LogP contribution in [0.4, 0.5) is 0 Å². The number of nitrogens with one attached hydrogen (secondary N) is 2. The van der Waals surface area contributed by atoms with E-state index in [1.807, 2.05) is 88.4 Å². The van der Waals surface area contributed by atoms with E-state index in [0.29, 0.717) is 38.5 Å². The van der Waals surface area contributed by atoms with Crippen molar-refractivity contribution in [2.75, 3.05) is 0 Å². The number of hydrogen-bond acceptors (Lipinski definition) is 4. The molecule has 1 aliphatic rings. The summed E-state index contributed by atoms with van der Waals surface area (Å²) in [4.78, 5) is 27.2. The number of benzene rings is 2. The third-order valence-corrected chi connectivity index (χ3v) is 7.96. The lowest BCUT2D eigenvalue weighted by molar-refractivity contribution is -0.141. The van der Waals surface area contributed by atoms with Gasteiger partial charge in [0, 0.05) is 0 Å². The molecule has 6 heteroatoms. The molecule has 35 heavy (non-hydrogen) atoms. The van der Waals surface area contributed by atoms with Gasteiger partial charge in [-0.25, -0.2) is 0 Å². The van der Waals surface area contributed by atoms with Gasteiger partial charge in [0.1, 0.15) is 5.41 Å². The fourth-order valence-electron chi connectivity index (χ4n) is 4.88. The van der Waals surface area contributed by atoms with Gasteiger partial charge in [0.05, 0.1) is 23.3 Å². The Balaban J connectivity index is 1.87. The van der Waals surface area contributed by atoms with Gasteiger partial charge in [-0.3, -0.25) is 9.59 Å². The maximum atomic E-state index is 13.6. The Kier molecular flexibility index (Phi) is 8.39. The summed E-state index contributed by atoms with van der Waals surface area (Å²) < 4.78 is 0. The van der Waals surface area contributed by atoms with Gasteiger partial charge in [-0.05, 0) is 49.7 Å². The predicted molar refractivity (Wildman–Crippen MR) is 137 cm³/mol. The fraction of sp³-hybridized carbons (Fsp3) is 0.517. The topological polar surface area (TPSA) is 98.7 Å². The van der Waals surface area contributed by atoms with Crippen LogP contribution in [0.2, 0.25) is 0 Å². The molecule has 2 amide bonds. The van der Waals surface area contributed by atoms with Crippen LogP contribution in [0.5, 0.6) is 0 Å². The van der Waals surface area contributed by atoms with Crippen molar-refractivity contribution in [3.8, 4) is 0 Å². The smallest absolute Gasteiger partial charge is 0.236 e. The SMILES string of the molecule is CCC(O)(CC)[C@H](NC(=O)C1(C(=O)N[C@H](c2ccccc2)C(O)(CC)CC)CC1)c1ccccc1. The van der Waals surface area contributed by atoms with E-state index in [2.05, 4.69) is 10.6 Å². The van der Waals surface area contributed by atoms with E-state index < -0.39 is 28.7 Å². The molecule has 2 atom stereocenters. The summed E-state index contributed by atoms with van der Waals surface area (Å²) in [5, 5.41) is 28.7. The molecule has 0 aromatic heterocycles. The molecule has 0 heterocycles. The predicted octanol–water partition coefficient (Wildman–Crippen LogP) is 4.58. The van der Waals surface area contributed by atoms with Crippen molar-refractivity contribution in [1.29, 1.82) is 0 Å². The van der Waals surface area contributed by atoms with E-state index in [-0.39, 0.29) is 11.8 Å². The van der Waals surface area contributed by atoms with Crippen molar-refractivity contribution in [3.63, 3.8) is 0 Å². The molecule has 1 saturated carbocycles. The standard InChI is InChI=1S/C29H40N2O4/c1-5-28(34,6-2)23(21-15-11-9-12-16-21)30-25(32)27(19-20-27)26(33)31-24(29(35,7-3)8-4)22-17-13-10-14-18-22/h9-18,23-24,34-35H,5-8,19-20H2,1-4H3,(H,30,32)(H,31,33)/t23-,24-/m1/s1. The van der Waals surface area contributed by atoms with E-state index >= 15 is 0 Å². The summed E-state index contributed by atoms with van der Waals surface area (Å²) >= 11 is 0. The number of aliphatic hydroxyl groups is 2. The largest absolute Gasteiger partial charge is 0.387 e. The molecule has 4 N–H and O–H groups in total. The van der Waals surface area contributed by atoms with Crippen LogP contribution in [0.3, 0.4) is 0 Å². The second kappa shape index (κ2) is 10.9. The lowest BCUT2D eigenvalue weighted by Gasteiger charge is -2.38. The molecular weight excluding hydrogens is 440 g/mol. The van der Waals surface area contributed by atoms with Gasteiger partial charge in [-0.2, -0.15) is 0 Å². The average molecular weight is 481 g/mol. The minimum absolute atomic E-state index is 0.382. The molecule has 0 bridgehead atoms. The highest BCUT2D eigenvalue weighted by Crippen LogP contribution is 2.48. The van der Waals surface area contributed by atoms with Gasteiger partial charge >= 0.3 is 0 Å². The summed E-state index contributed by atoms with van der Waals surface area (Å²) in [7, 11) is 0. The number of hydrogen-bond donors (Lipinski definition) is 4. The van der Waals surface area contributed by atoms with E-state index in [4.69, 9.17) is 0 Å². The highest BCUT2D eigenvalue weighted by atomic mass is 16.3. The van der Waals surface area contributed by atoms with Crippen molar-refractivity contribution in [1.82, 2.24) is 10.6 Å². The Morgan fingerprint density at radius 2 is 1.03 bits per heavy atom. The zero-order valence-corrected chi connectivity index (χ0v) is 21.4. The molecule has 1 fully saturated rings. The first-order valence-electron chi connectivity index (χ1n) is 12.9. The van der Waals surface area contributed by atoms with Crippen LogP contribution < -0.4 is 10.6 Å². The van der Waals surface area contributed by atoms with Crippen molar-refractivity contribution in [2.45, 2.75) is 89.5 Å². The lowest BCUT2D eigenvalue weighted by atomic mass is 9.83. The van der Waals surface area contributed by atoms with E-state index in [1.54, 1.807) is 0 Å². The van der Waals surface area contributed by atoms with E-state index in [1.165, 1.54) is 0 Å². The lowest BCUT2D eigenvalue weighted by Crippen LogP contribution is -2.53. The van der Waals surface area contributed by atoms with E-state index in [9.17, 15) is 19.8 Å². The highest BCUT2D eigenvalue weighted by molar-refractivity contribution is 6.08. The molecule has 6 nitrogen and oxygen atoms in total. The highest BCUT2D eigenvalue weighted by Gasteiger charge is 2.58. The summed E-state index contributed by atoms with van der Waals surface area (Å²) in [5.41, 5.74) is -1.87. The molecule has 3 rings (SSSR count). The van der Waals surface area contributed by atoms with Crippen LogP contribution in [0.1, 0.15) is 89.4 Å². The van der Waals surface area contributed by atoms with Crippen molar-refractivity contribution >= 4 is 11.8 Å². The fourth-order valence-corrected chi connectivity index (χ4v) is 4.88. The van der Waals surface area contributed by atoms with Crippen LogP contribution in [-0.4, -0.2) is 33.2 Å². The maximum Gasteiger partial charge on any atom is 0.236 e. The first kappa shape index (κ1) is 26.9. The number of rotatable bonds is 12. The van der Waals surface area contributed by atoms with Crippen LogP contribution in [0.15, 0.2) is 60.7 Å². The Labute approximate surface area is 209 Å². The quantitative estimate of drug-likeness (QED) is 0.334. The molecule has 0 spiro atoms. The third-order valence-electron chi connectivity index (χ3n) is 7.96. The molecule has 2 aromatic rings. The van der Waals surface area contributed by atoms with Gasteiger partial charge in [-0.15, -0.1) is 0 Å². The molecule has 1 aliphatic carbocycles. The minimum atomic E-state index is -1.20. The van der Waals surface area contributed by atoms with Crippen LogP contribution >= 0.6 is 0 Å². The number of carbonyl (C=O) groups is 2. The Hall–Kier alpha value is -2.70.